The first kappa shape index (κ1) is 14.8. The normalized spacial score (nSPS) is 11.5. The fourth-order valence-corrected chi connectivity index (χ4v) is 1.41. The third kappa shape index (κ3) is 3.85. The summed E-state index contributed by atoms with van der Waals surface area (Å²) in [4.78, 5) is 22.9. The lowest BCUT2D eigenvalue weighted by molar-refractivity contribution is -0.149. The van der Waals surface area contributed by atoms with E-state index < -0.39 is 18.0 Å². The number of esters is 1. The van der Waals surface area contributed by atoms with Crippen LogP contribution in [-0.2, 0) is 9.53 Å². The Kier molecular flexibility index (Phi) is 5.13. The Morgan fingerprint density at radius 2 is 2.11 bits per heavy atom. The molecule has 1 amide bonds. The summed E-state index contributed by atoms with van der Waals surface area (Å²) in [6, 6.07) is 4.60. The van der Waals surface area contributed by atoms with Gasteiger partial charge in [0.1, 0.15) is 5.75 Å². The fourth-order valence-electron chi connectivity index (χ4n) is 1.41. The molecule has 0 spiro atoms. The summed E-state index contributed by atoms with van der Waals surface area (Å²) >= 11 is 0. The number of amides is 1. The predicted octanol–water partition coefficient (Wildman–Crippen LogP) is -0.459. The van der Waals surface area contributed by atoms with Crippen LogP contribution in [0.5, 0.6) is 5.75 Å². The smallest absolute Gasteiger partial charge is 0.336 e. The molecule has 0 aliphatic rings. The lowest BCUT2D eigenvalue weighted by Crippen LogP contribution is -2.37. The van der Waals surface area contributed by atoms with E-state index >= 15 is 0 Å². The van der Waals surface area contributed by atoms with Gasteiger partial charge in [0.05, 0.1) is 26.3 Å². The van der Waals surface area contributed by atoms with Crippen molar-refractivity contribution in [3.63, 3.8) is 0 Å². The Bertz CT molecular complexity index is 475. The van der Waals surface area contributed by atoms with Crippen LogP contribution in [0.15, 0.2) is 18.2 Å². The van der Waals surface area contributed by atoms with Crippen LogP contribution in [-0.4, -0.2) is 43.9 Å². The molecule has 1 aromatic rings. The molecular formula is C12H16N2O5. The molecular weight excluding hydrogens is 252 g/mol. The summed E-state index contributed by atoms with van der Waals surface area (Å²) in [5.41, 5.74) is 6.21. The van der Waals surface area contributed by atoms with E-state index in [1.165, 1.54) is 13.2 Å². The molecule has 0 aliphatic heterocycles. The van der Waals surface area contributed by atoms with E-state index in [0.29, 0.717) is 11.4 Å². The number of rotatable bonds is 5. The molecule has 7 nitrogen and oxygen atoms in total. The molecule has 104 valence electrons. The Morgan fingerprint density at radius 3 is 2.68 bits per heavy atom. The topological polar surface area (TPSA) is 111 Å². The van der Waals surface area contributed by atoms with Crippen LogP contribution in [0.3, 0.4) is 0 Å². The van der Waals surface area contributed by atoms with Gasteiger partial charge in [-0.3, -0.25) is 4.79 Å². The van der Waals surface area contributed by atoms with Crippen molar-refractivity contribution < 1.29 is 24.2 Å². The molecule has 0 fully saturated rings. The number of carbonyl (C=O) groups excluding carboxylic acids is 2. The Morgan fingerprint density at radius 1 is 1.42 bits per heavy atom. The molecule has 0 saturated heterocycles. The fraction of sp³-hybridized carbons (Fsp3) is 0.333. The zero-order chi connectivity index (χ0) is 14.4. The minimum Gasteiger partial charge on any atom is -0.496 e. The second kappa shape index (κ2) is 6.60. The van der Waals surface area contributed by atoms with Crippen LogP contribution < -0.4 is 15.8 Å². The number of nitrogen functional groups attached to an aromatic ring is 1. The first-order chi connectivity index (χ1) is 8.99. The molecule has 0 aliphatic carbocycles. The second-order valence-electron chi connectivity index (χ2n) is 3.71. The first-order valence-electron chi connectivity index (χ1n) is 5.47. The highest BCUT2D eigenvalue weighted by Crippen LogP contribution is 2.20. The first-order valence-corrected chi connectivity index (χ1v) is 5.47. The van der Waals surface area contributed by atoms with Gasteiger partial charge in [0.2, 0.25) is 0 Å². The maximum atomic E-state index is 11.9. The maximum Gasteiger partial charge on any atom is 0.336 e. The number of benzene rings is 1. The molecule has 1 unspecified atom stereocenters. The highest BCUT2D eigenvalue weighted by Gasteiger charge is 2.18. The van der Waals surface area contributed by atoms with Gasteiger partial charge in [-0.1, -0.05) is 0 Å². The summed E-state index contributed by atoms with van der Waals surface area (Å²) < 4.78 is 9.36. The molecule has 0 heterocycles. The average Bonchev–Trinajstić information content (AvgIpc) is 2.43. The van der Waals surface area contributed by atoms with Crippen molar-refractivity contribution in [1.29, 1.82) is 0 Å². The van der Waals surface area contributed by atoms with Gasteiger partial charge in [0, 0.05) is 5.69 Å². The lowest BCUT2D eigenvalue weighted by atomic mass is 10.1. The molecule has 0 saturated carbocycles. The van der Waals surface area contributed by atoms with E-state index in [4.69, 9.17) is 10.5 Å². The minimum atomic E-state index is -1.42. The van der Waals surface area contributed by atoms with Crippen LogP contribution in [0.1, 0.15) is 10.4 Å². The molecule has 1 aromatic carbocycles. The monoisotopic (exact) mass is 268 g/mol. The molecule has 7 heteroatoms. The molecule has 0 aromatic heterocycles. The summed E-state index contributed by atoms with van der Waals surface area (Å²) in [7, 11) is 2.57. The quantitative estimate of drug-likeness (QED) is 0.492. The van der Waals surface area contributed by atoms with Gasteiger partial charge in [-0.15, -0.1) is 0 Å². The minimum absolute atomic E-state index is 0.222. The van der Waals surface area contributed by atoms with Gasteiger partial charge in [0.15, 0.2) is 6.10 Å². The number of methoxy groups -OCH3 is 2. The number of aliphatic hydroxyl groups is 1. The van der Waals surface area contributed by atoms with Gasteiger partial charge < -0.3 is 25.6 Å². The van der Waals surface area contributed by atoms with Crippen molar-refractivity contribution in [3.05, 3.63) is 23.8 Å². The van der Waals surface area contributed by atoms with Crippen LogP contribution in [0.4, 0.5) is 5.69 Å². The van der Waals surface area contributed by atoms with Crippen LogP contribution in [0, 0.1) is 0 Å². The third-order valence-electron chi connectivity index (χ3n) is 2.40. The van der Waals surface area contributed by atoms with Crippen molar-refractivity contribution in [2.24, 2.45) is 0 Å². The Labute approximate surface area is 110 Å². The van der Waals surface area contributed by atoms with E-state index in [-0.39, 0.29) is 12.1 Å². The van der Waals surface area contributed by atoms with E-state index in [0.717, 1.165) is 7.11 Å². The van der Waals surface area contributed by atoms with Gasteiger partial charge in [0.25, 0.3) is 5.91 Å². The zero-order valence-corrected chi connectivity index (χ0v) is 10.7. The number of nitrogens with two attached hydrogens (primary N) is 1. The summed E-state index contributed by atoms with van der Waals surface area (Å²) in [6.07, 6.45) is -1.42. The predicted molar refractivity (Wildman–Crippen MR) is 67.8 cm³/mol. The van der Waals surface area contributed by atoms with Crippen LogP contribution >= 0.6 is 0 Å². The SMILES string of the molecule is COC(=O)C(O)CNC(=O)c1cc(N)ccc1OC. The standard InChI is InChI=1S/C12H16N2O5/c1-18-10-4-3-7(13)5-8(10)11(16)14-6-9(15)12(17)19-2/h3-5,9,15H,6,13H2,1-2H3,(H,14,16). The number of anilines is 1. The van der Waals surface area contributed by atoms with Gasteiger partial charge in [-0.2, -0.15) is 0 Å². The van der Waals surface area contributed by atoms with Crippen molar-refractivity contribution in [1.82, 2.24) is 5.32 Å². The van der Waals surface area contributed by atoms with E-state index in [1.807, 2.05) is 0 Å². The molecule has 4 N–H and O–H groups in total. The van der Waals surface area contributed by atoms with Crippen molar-refractivity contribution in [2.75, 3.05) is 26.5 Å². The summed E-state index contributed by atoms with van der Waals surface area (Å²) in [5.74, 6) is -0.980. The molecule has 0 radical (unpaired) electrons. The van der Waals surface area contributed by atoms with E-state index in [1.54, 1.807) is 12.1 Å². The zero-order valence-electron chi connectivity index (χ0n) is 10.7. The van der Waals surface area contributed by atoms with E-state index in [9.17, 15) is 14.7 Å². The molecule has 19 heavy (non-hydrogen) atoms. The molecule has 1 rings (SSSR count). The van der Waals surface area contributed by atoms with Crippen molar-refractivity contribution >= 4 is 17.6 Å². The Balaban J connectivity index is 2.73. The van der Waals surface area contributed by atoms with Crippen molar-refractivity contribution in [2.45, 2.75) is 6.10 Å². The average molecular weight is 268 g/mol. The highest BCUT2D eigenvalue weighted by molar-refractivity contribution is 5.98. The summed E-state index contributed by atoms with van der Waals surface area (Å²) in [6.45, 7) is -0.260. The Hall–Kier alpha value is -2.28. The number of hydrogen-bond acceptors (Lipinski definition) is 6. The summed E-state index contributed by atoms with van der Waals surface area (Å²) in [5, 5.41) is 11.7. The number of aliphatic hydroxyl groups excluding tert-OH is 1. The van der Waals surface area contributed by atoms with Crippen LogP contribution in [0.2, 0.25) is 0 Å². The van der Waals surface area contributed by atoms with Gasteiger partial charge in [-0.05, 0) is 18.2 Å². The van der Waals surface area contributed by atoms with Gasteiger partial charge >= 0.3 is 5.97 Å². The number of ether oxygens (including phenoxy) is 2. The third-order valence-corrected chi connectivity index (χ3v) is 2.40. The van der Waals surface area contributed by atoms with E-state index in [2.05, 4.69) is 10.1 Å². The lowest BCUT2D eigenvalue weighted by Gasteiger charge is -2.12. The highest BCUT2D eigenvalue weighted by atomic mass is 16.5. The van der Waals surface area contributed by atoms with Crippen molar-refractivity contribution in [3.8, 4) is 5.75 Å². The molecule has 1 atom stereocenters. The second-order valence-corrected chi connectivity index (χ2v) is 3.71. The number of hydrogen-bond donors (Lipinski definition) is 3. The van der Waals surface area contributed by atoms with Gasteiger partial charge in [-0.25, -0.2) is 4.79 Å². The molecule has 0 bridgehead atoms. The van der Waals surface area contributed by atoms with Crippen LogP contribution in [0.25, 0.3) is 0 Å². The largest absolute Gasteiger partial charge is 0.496 e. The maximum absolute atomic E-state index is 11.9. The number of nitrogens with one attached hydrogen (secondary N) is 1. The number of carbonyl (C=O) groups is 2.